The lowest BCUT2D eigenvalue weighted by atomic mass is 9.72. The maximum Gasteiger partial charge on any atom is 0.00952 e. The Balaban J connectivity index is 4.17. The predicted molar refractivity (Wildman–Crippen MR) is 60.8 cm³/mol. The van der Waals surface area contributed by atoms with Gasteiger partial charge in [0, 0.05) is 6.04 Å². The Morgan fingerprint density at radius 3 is 1.77 bits per heavy atom. The summed E-state index contributed by atoms with van der Waals surface area (Å²) in [5, 5.41) is 0. The van der Waals surface area contributed by atoms with Crippen molar-refractivity contribution in [2.75, 3.05) is 0 Å². The quantitative estimate of drug-likeness (QED) is 0.642. The summed E-state index contributed by atoms with van der Waals surface area (Å²) in [4.78, 5) is 0. The lowest BCUT2D eigenvalue weighted by Gasteiger charge is -2.37. The van der Waals surface area contributed by atoms with E-state index in [-0.39, 0.29) is 0 Å². The molecule has 0 fully saturated rings. The topological polar surface area (TPSA) is 26.0 Å². The molecule has 0 aliphatic rings. The lowest BCUT2D eigenvalue weighted by Crippen LogP contribution is -2.40. The highest BCUT2D eigenvalue weighted by Gasteiger charge is 2.30. The summed E-state index contributed by atoms with van der Waals surface area (Å²) in [6.45, 7) is 9.06. The Kier molecular flexibility index (Phi) is 6.40. The fourth-order valence-electron chi connectivity index (χ4n) is 2.27. The third-order valence-electron chi connectivity index (χ3n) is 3.77. The minimum Gasteiger partial charge on any atom is -0.327 e. The Morgan fingerprint density at radius 1 is 1.00 bits per heavy atom. The largest absolute Gasteiger partial charge is 0.327 e. The Morgan fingerprint density at radius 2 is 1.46 bits per heavy atom. The average Bonchev–Trinajstić information content (AvgIpc) is 2.18. The van der Waals surface area contributed by atoms with Gasteiger partial charge in [-0.2, -0.15) is 0 Å². The van der Waals surface area contributed by atoms with Gasteiger partial charge in [-0.15, -0.1) is 0 Å². The summed E-state index contributed by atoms with van der Waals surface area (Å²) in [7, 11) is 0. The molecular weight excluding hydrogens is 158 g/mol. The molecule has 1 nitrogen and oxygen atoms in total. The second-order valence-electron chi connectivity index (χ2n) is 4.17. The Labute approximate surface area is 84.1 Å². The van der Waals surface area contributed by atoms with Crippen LogP contribution in [0.3, 0.4) is 0 Å². The third-order valence-corrected chi connectivity index (χ3v) is 3.77. The van der Waals surface area contributed by atoms with Crippen molar-refractivity contribution in [3.63, 3.8) is 0 Å². The average molecular weight is 185 g/mol. The summed E-state index contributed by atoms with van der Waals surface area (Å²) in [5.41, 5.74) is 6.68. The molecule has 0 bridgehead atoms. The number of unbranched alkanes of at least 4 members (excludes halogenated alkanes) is 1. The summed E-state index contributed by atoms with van der Waals surface area (Å²) >= 11 is 0. The molecule has 80 valence electrons. The minimum atomic E-state index is 0.410. The normalized spacial score (nSPS) is 14.5. The first kappa shape index (κ1) is 13.0. The van der Waals surface area contributed by atoms with Gasteiger partial charge in [0.25, 0.3) is 0 Å². The van der Waals surface area contributed by atoms with E-state index < -0.39 is 0 Å². The van der Waals surface area contributed by atoms with Crippen LogP contribution in [0.15, 0.2) is 0 Å². The molecule has 0 aromatic heterocycles. The molecule has 0 heterocycles. The zero-order valence-electron chi connectivity index (χ0n) is 9.90. The van der Waals surface area contributed by atoms with E-state index in [1.807, 2.05) is 0 Å². The maximum absolute atomic E-state index is 6.27. The Bertz CT molecular complexity index is 108. The first-order chi connectivity index (χ1) is 6.16. The van der Waals surface area contributed by atoms with E-state index in [4.69, 9.17) is 5.73 Å². The van der Waals surface area contributed by atoms with Gasteiger partial charge in [-0.05, 0) is 31.1 Å². The van der Waals surface area contributed by atoms with Crippen molar-refractivity contribution in [2.45, 2.75) is 72.3 Å². The van der Waals surface area contributed by atoms with E-state index in [9.17, 15) is 0 Å². The first-order valence-electron chi connectivity index (χ1n) is 5.92. The molecule has 0 aromatic rings. The molecule has 0 spiro atoms. The van der Waals surface area contributed by atoms with Gasteiger partial charge in [0.05, 0.1) is 0 Å². The van der Waals surface area contributed by atoms with Crippen LogP contribution in [-0.2, 0) is 0 Å². The van der Waals surface area contributed by atoms with Crippen LogP contribution in [0.1, 0.15) is 66.2 Å². The summed E-state index contributed by atoms with van der Waals surface area (Å²) in [6, 6.07) is 0.410. The van der Waals surface area contributed by atoms with Crippen molar-refractivity contribution in [3.8, 4) is 0 Å². The van der Waals surface area contributed by atoms with Crippen LogP contribution in [0, 0.1) is 5.41 Å². The fraction of sp³-hybridized carbons (Fsp3) is 1.00. The van der Waals surface area contributed by atoms with Crippen LogP contribution < -0.4 is 5.73 Å². The molecule has 0 rings (SSSR count). The molecule has 0 aromatic carbocycles. The van der Waals surface area contributed by atoms with Crippen molar-refractivity contribution < 1.29 is 0 Å². The van der Waals surface area contributed by atoms with Gasteiger partial charge in [-0.3, -0.25) is 0 Å². The van der Waals surface area contributed by atoms with E-state index >= 15 is 0 Å². The molecule has 13 heavy (non-hydrogen) atoms. The van der Waals surface area contributed by atoms with Gasteiger partial charge in [-0.25, -0.2) is 0 Å². The van der Waals surface area contributed by atoms with Crippen LogP contribution in [0.2, 0.25) is 0 Å². The number of rotatable bonds is 7. The van der Waals surface area contributed by atoms with Gasteiger partial charge in [-0.1, -0.05) is 40.5 Å². The molecule has 0 aliphatic heterocycles. The van der Waals surface area contributed by atoms with Crippen LogP contribution in [0.25, 0.3) is 0 Å². The standard InChI is InChI=1S/C12H27N/c1-5-9-10-11(13)12(6-2,7-3)8-4/h11H,5-10,13H2,1-4H3. The first-order valence-corrected chi connectivity index (χ1v) is 5.92. The fourth-order valence-corrected chi connectivity index (χ4v) is 2.27. The van der Waals surface area contributed by atoms with E-state index in [0.29, 0.717) is 11.5 Å². The highest BCUT2D eigenvalue weighted by Crippen LogP contribution is 2.35. The highest BCUT2D eigenvalue weighted by molar-refractivity contribution is 4.85. The molecular formula is C12H27N. The Hall–Kier alpha value is -0.0400. The van der Waals surface area contributed by atoms with Crippen LogP contribution in [0.5, 0.6) is 0 Å². The van der Waals surface area contributed by atoms with Gasteiger partial charge in [0.15, 0.2) is 0 Å². The van der Waals surface area contributed by atoms with Crippen LogP contribution in [-0.4, -0.2) is 6.04 Å². The zero-order chi connectivity index (χ0) is 10.3. The molecule has 1 heteroatoms. The smallest absolute Gasteiger partial charge is 0.00952 e. The molecule has 1 atom stereocenters. The van der Waals surface area contributed by atoms with Crippen LogP contribution >= 0.6 is 0 Å². The summed E-state index contributed by atoms with van der Waals surface area (Å²) in [5.74, 6) is 0. The second-order valence-corrected chi connectivity index (χ2v) is 4.17. The van der Waals surface area contributed by atoms with Gasteiger partial charge < -0.3 is 5.73 Å². The van der Waals surface area contributed by atoms with Crippen molar-refractivity contribution in [1.82, 2.24) is 0 Å². The van der Waals surface area contributed by atoms with Crippen molar-refractivity contribution in [2.24, 2.45) is 11.1 Å². The van der Waals surface area contributed by atoms with Gasteiger partial charge in [0.1, 0.15) is 0 Å². The summed E-state index contributed by atoms with van der Waals surface area (Å²) < 4.78 is 0. The molecule has 0 radical (unpaired) electrons. The third kappa shape index (κ3) is 3.30. The van der Waals surface area contributed by atoms with E-state index in [1.165, 1.54) is 38.5 Å². The molecule has 2 N–H and O–H groups in total. The minimum absolute atomic E-state index is 0.410. The number of nitrogens with two attached hydrogens (primary N) is 1. The zero-order valence-corrected chi connectivity index (χ0v) is 9.90. The van der Waals surface area contributed by atoms with Crippen molar-refractivity contribution in [1.29, 1.82) is 0 Å². The molecule has 0 saturated carbocycles. The maximum atomic E-state index is 6.27. The molecule has 0 saturated heterocycles. The van der Waals surface area contributed by atoms with E-state index in [2.05, 4.69) is 27.7 Å². The van der Waals surface area contributed by atoms with Gasteiger partial charge >= 0.3 is 0 Å². The highest BCUT2D eigenvalue weighted by atomic mass is 14.7. The monoisotopic (exact) mass is 185 g/mol. The number of hydrogen-bond acceptors (Lipinski definition) is 1. The second kappa shape index (κ2) is 6.42. The molecule has 0 aliphatic carbocycles. The van der Waals surface area contributed by atoms with Gasteiger partial charge in [0.2, 0.25) is 0 Å². The lowest BCUT2D eigenvalue weighted by molar-refractivity contribution is 0.182. The van der Waals surface area contributed by atoms with E-state index in [0.717, 1.165) is 0 Å². The van der Waals surface area contributed by atoms with E-state index in [1.54, 1.807) is 0 Å². The van der Waals surface area contributed by atoms with Crippen molar-refractivity contribution in [3.05, 3.63) is 0 Å². The molecule has 0 amide bonds. The summed E-state index contributed by atoms with van der Waals surface area (Å²) in [6.07, 6.45) is 7.43. The SMILES string of the molecule is CCCCC(N)C(CC)(CC)CC. The molecule has 1 unspecified atom stereocenters. The predicted octanol–water partition coefficient (Wildman–Crippen LogP) is 3.72. The van der Waals surface area contributed by atoms with Crippen LogP contribution in [0.4, 0.5) is 0 Å². The van der Waals surface area contributed by atoms with Crippen molar-refractivity contribution >= 4 is 0 Å². The number of hydrogen-bond donors (Lipinski definition) is 1.